The van der Waals surface area contributed by atoms with Gasteiger partial charge in [0.15, 0.2) is 0 Å². The Kier molecular flexibility index (Phi) is 5.75. The second-order valence-corrected chi connectivity index (χ2v) is 6.04. The predicted molar refractivity (Wildman–Crippen MR) is 92.5 cm³/mol. The predicted octanol–water partition coefficient (Wildman–Crippen LogP) is 2.55. The van der Waals surface area contributed by atoms with Crippen molar-refractivity contribution < 1.29 is 9.53 Å². The zero-order valence-corrected chi connectivity index (χ0v) is 14.8. The van der Waals surface area contributed by atoms with Crippen molar-refractivity contribution in [1.29, 1.82) is 0 Å². The van der Waals surface area contributed by atoms with Crippen molar-refractivity contribution in [2.24, 2.45) is 0 Å². The summed E-state index contributed by atoms with van der Waals surface area (Å²) >= 11 is 5.90. The first-order valence-electron chi connectivity index (χ1n) is 7.50. The maximum Gasteiger partial charge on any atom is 0.277 e. The zero-order valence-electron chi connectivity index (χ0n) is 14.0. The number of nitrogens with one attached hydrogen (secondary N) is 2. The summed E-state index contributed by atoms with van der Waals surface area (Å²) in [5, 5.41) is 9.63. The molecule has 7 heteroatoms. The topological polar surface area (TPSA) is 84.1 Å². The average Bonchev–Trinajstić information content (AvgIpc) is 2.54. The van der Waals surface area contributed by atoms with E-state index in [-0.39, 0.29) is 17.7 Å². The number of ether oxygens (including phenoxy) is 1. The van der Waals surface area contributed by atoms with Gasteiger partial charge in [0.05, 0.1) is 11.7 Å². The Morgan fingerprint density at radius 3 is 2.50 bits per heavy atom. The van der Waals surface area contributed by atoms with Gasteiger partial charge in [0, 0.05) is 12.1 Å². The molecule has 0 saturated heterocycles. The van der Waals surface area contributed by atoms with Crippen LogP contribution < -0.4 is 10.9 Å². The number of benzene rings is 1. The summed E-state index contributed by atoms with van der Waals surface area (Å²) in [5.74, 6) is -0.456. The summed E-state index contributed by atoms with van der Waals surface area (Å²) in [6, 6.07) is 6.86. The van der Waals surface area contributed by atoms with Crippen LogP contribution in [0, 0.1) is 13.8 Å². The number of hydrogen-bond acceptors (Lipinski definition) is 4. The molecule has 0 aliphatic carbocycles. The fourth-order valence-corrected chi connectivity index (χ4v) is 2.66. The van der Waals surface area contributed by atoms with Crippen molar-refractivity contribution in [2.45, 2.75) is 32.9 Å². The average molecular weight is 350 g/mol. The molecule has 128 valence electrons. The standard InChI is InChI=1S/C17H20ClN3O3/c1-9-10(2)20-21-17(23)14(9)16(22)19-11(3)15(24-4)12-5-7-13(18)8-6-12/h5-8,11,15H,1-4H3,(H,19,22)(H,21,23). The summed E-state index contributed by atoms with van der Waals surface area (Å²) in [5.41, 5.74) is 1.60. The van der Waals surface area contributed by atoms with Crippen molar-refractivity contribution in [2.75, 3.05) is 7.11 Å². The molecule has 2 rings (SSSR count). The second kappa shape index (κ2) is 7.59. The molecule has 2 unspecified atom stereocenters. The first kappa shape index (κ1) is 18.2. The van der Waals surface area contributed by atoms with Crippen LogP contribution in [0.15, 0.2) is 29.1 Å². The van der Waals surface area contributed by atoms with Gasteiger partial charge in [-0.15, -0.1) is 0 Å². The van der Waals surface area contributed by atoms with Crippen molar-refractivity contribution >= 4 is 17.5 Å². The molecule has 1 aromatic carbocycles. The molecule has 0 aliphatic rings. The van der Waals surface area contributed by atoms with E-state index in [9.17, 15) is 9.59 Å². The highest BCUT2D eigenvalue weighted by Gasteiger charge is 2.24. The van der Waals surface area contributed by atoms with E-state index in [4.69, 9.17) is 16.3 Å². The molecule has 0 aliphatic heterocycles. The van der Waals surface area contributed by atoms with E-state index < -0.39 is 11.5 Å². The van der Waals surface area contributed by atoms with Gasteiger partial charge < -0.3 is 10.1 Å². The Hall–Kier alpha value is -2.18. The molecular formula is C17H20ClN3O3. The van der Waals surface area contributed by atoms with Crippen LogP contribution in [0.5, 0.6) is 0 Å². The van der Waals surface area contributed by atoms with Crippen molar-refractivity contribution in [3.05, 3.63) is 62.0 Å². The third-order valence-corrected chi connectivity index (χ3v) is 4.21. The van der Waals surface area contributed by atoms with Crippen molar-refractivity contribution in [1.82, 2.24) is 15.5 Å². The maximum absolute atomic E-state index is 12.5. The van der Waals surface area contributed by atoms with Gasteiger partial charge in [0.2, 0.25) is 0 Å². The van der Waals surface area contributed by atoms with E-state index in [0.717, 1.165) is 5.56 Å². The molecule has 24 heavy (non-hydrogen) atoms. The quantitative estimate of drug-likeness (QED) is 0.868. The zero-order chi connectivity index (χ0) is 17.9. The number of nitrogens with zero attached hydrogens (tertiary/aromatic N) is 1. The van der Waals surface area contributed by atoms with Gasteiger partial charge in [-0.1, -0.05) is 23.7 Å². The summed E-state index contributed by atoms with van der Waals surface area (Å²) < 4.78 is 5.50. The molecule has 0 saturated carbocycles. The van der Waals surface area contributed by atoms with Gasteiger partial charge in [-0.25, -0.2) is 5.10 Å². The van der Waals surface area contributed by atoms with Crippen LogP contribution in [0.4, 0.5) is 0 Å². The van der Waals surface area contributed by atoms with E-state index in [0.29, 0.717) is 16.3 Å². The first-order valence-corrected chi connectivity index (χ1v) is 7.88. The van der Waals surface area contributed by atoms with E-state index in [2.05, 4.69) is 15.5 Å². The highest BCUT2D eigenvalue weighted by atomic mass is 35.5. The maximum atomic E-state index is 12.5. The third-order valence-electron chi connectivity index (χ3n) is 3.96. The Labute approximate surface area is 145 Å². The molecule has 0 bridgehead atoms. The first-order chi connectivity index (χ1) is 11.3. The van der Waals surface area contributed by atoms with Crippen LogP contribution in [0.1, 0.15) is 40.2 Å². The number of halogens is 1. The Morgan fingerprint density at radius 1 is 1.29 bits per heavy atom. The molecular weight excluding hydrogens is 330 g/mol. The van der Waals surface area contributed by atoms with Gasteiger partial charge in [-0.05, 0) is 44.0 Å². The molecule has 6 nitrogen and oxygen atoms in total. The van der Waals surface area contributed by atoms with Crippen LogP contribution >= 0.6 is 11.6 Å². The molecule has 2 N–H and O–H groups in total. The number of hydrogen-bond donors (Lipinski definition) is 2. The summed E-state index contributed by atoms with van der Waals surface area (Å²) in [6.45, 7) is 5.25. The van der Waals surface area contributed by atoms with Gasteiger partial charge in [0.1, 0.15) is 11.7 Å². The molecule has 1 aromatic heterocycles. The number of methoxy groups -OCH3 is 1. The van der Waals surface area contributed by atoms with Gasteiger partial charge in [0.25, 0.3) is 11.5 Å². The Balaban J connectivity index is 2.23. The SMILES string of the molecule is COC(c1ccc(Cl)cc1)C(C)NC(=O)c1c(C)c(C)n[nH]c1=O. The lowest BCUT2D eigenvalue weighted by Crippen LogP contribution is -2.40. The lowest BCUT2D eigenvalue weighted by molar-refractivity contribution is 0.0643. The minimum Gasteiger partial charge on any atom is -0.375 e. The highest BCUT2D eigenvalue weighted by Crippen LogP contribution is 2.22. The third kappa shape index (κ3) is 3.83. The number of aromatic amines is 1. The smallest absolute Gasteiger partial charge is 0.277 e. The summed E-state index contributed by atoms with van der Waals surface area (Å²) in [7, 11) is 1.57. The van der Waals surface area contributed by atoms with E-state index >= 15 is 0 Å². The minimum atomic E-state index is -0.511. The Bertz CT molecular complexity index is 787. The van der Waals surface area contributed by atoms with Crippen molar-refractivity contribution in [3.63, 3.8) is 0 Å². The van der Waals surface area contributed by atoms with Crippen LogP contribution in [-0.4, -0.2) is 29.3 Å². The van der Waals surface area contributed by atoms with E-state index in [1.54, 1.807) is 33.1 Å². The molecule has 0 fully saturated rings. The monoisotopic (exact) mass is 349 g/mol. The number of rotatable bonds is 5. The van der Waals surface area contributed by atoms with Crippen LogP contribution in [0.3, 0.4) is 0 Å². The number of aryl methyl sites for hydroxylation is 1. The number of aromatic nitrogens is 2. The second-order valence-electron chi connectivity index (χ2n) is 5.61. The van der Waals surface area contributed by atoms with Gasteiger partial charge >= 0.3 is 0 Å². The summed E-state index contributed by atoms with van der Waals surface area (Å²) in [6.07, 6.45) is -0.367. The van der Waals surface area contributed by atoms with Crippen molar-refractivity contribution in [3.8, 4) is 0 Å². The fraction of sp³-hybridized carbons (Fsp3) is 0.353. The lowest BCUT2D eigenvalue weighted by atomic mass is 10.0. The lowest BCUT2D eigenvalue weighted by Gasteiger charge is -2.24. The molecule has 2 aromatic rings. The fourth-order valence-electron chi connectivity index (χ4n) is 2.53. The van der Waals surface area contributed by atoms with E-state index in [1.165, 1.54) is 0 Å². The van der Waals surface area contributed by atoms with Crippen LogP contribution in [0.25, 0.3) is 0 Å². The highest BCUT2D eigenvalue weighted by molar-refractivity contribution is 6.30. The molecule has 0 spiro atoms. The number of carbonyl (C=O) groups excluding carboxylic acids is 1. The number of amides is 1. The van der Waals surface area contributed by atoms with Gasteiger partial charge in [-0.2, -0.15) is 5.10 Å². The molecule has 1 heterocycles. The molecule has 0 radical (unpaired) electrons. The summed E-state index contributed by atoms with van der Waals surface area (Å²) in [4.78, 5) is 24.5. The van der Waals surface area contributed by atoms with Gasteiger partial charge in [-0.3, -0.25) is 9.59 Å². The minimum absolute atomic E-state index is 0.0697. The largest absolute Gasteiger partial charge is 0.375 e. The molecule has 2 atom stereocenters. The molecule has 1 amide bonds. The normalized spacial score (nSPS) is 13.4. The van der Waals surface area contributed by atoms with E-state index in [1.807, 2.05) is 19.1 Å². The number of H-pyrrole nitrogens is 1. The number of carbonyl (C=O) groups is 1. The van der Waals surface area contributed by atoms with Crippen LogP contribution in [-0.2, 0) is 4.74 Å². The Morgan fingerprint density at radius 2 is 1.92 bits per heavy atom. The van der Waals surface area contributed by atoms with Crippen LogP contribution in [0.2, 0.25) is 5.02 Å².